The molecule has 1 heterocycles. The van der Waals surface area contributed by atoms with E-state index >= 15 is 0 Å². The number of benzene rings is 1. The number of halogens is 1. The van der Waals surface area contributed by atoms with Gasteiger partial charge in [0, 0.05) is 6.26 Å². The smallest absolute Gasteiger partial charge is 0.147 e. The molecule has 0 spiro atoms. The largest absolute Gasteiger partial charge is 0.316 e. The highest BCUT2D eigenvalue weighted by Gasteiger charge is 2.09. The van der Waals surface area contributed by atoms with E-state index in [1.54, 1.807) is 6.33 Å². The van der Waals surface area contributed by atoms with Crippen LogP contribution in [0.5, 0.6) is 0 Å². The standard InChI is InChI=1S/C11H13ClN2O2S/c1-17(15,16)6-5-9-3-2-4-10-11(9)14(7-12)8-13-10/h2-4,8H,5-7H2,1H3. The molecule has 0 amide bonds. The van der Waals surface area contributed by atoms with Crippen LogP contribution in [0.15, 0.2) is 24.5 Å². The molecule has 1 aromatic heterocycles. The summed E-state index contributed by atoms with van der Waals surface area (Å²) in [6, 6.07) is 6.00. The predicted molar refractivity (Wildman–Crippen MR) is 69.0 cm³/mol. The lowest BCUT2D eigenvalue weighted by Gasteiger charge is -2.05. The summed E-state index contributed by atoms with van der Waals surface area (Å²) < 4.78 is 24.2. The Morgan fingerprint density at radius 3 is 2.82 bits per heavy atom. The van der Waals surface area contributed by atoms with Gasteiger partial charge in [0.2, 0.25) is 0 Å². The normalized spacial score (nSPS) is 12.1. The maximum absolute atomic E-state index is 11.2. The van der Waals surface area contributed by atoms with E-state index in [2.05, 4.69) is 4.98 Å². The highest BCUT2D eigenvalue weighted by molar-refractivity contribution is 7.90. The van der Waals surface area contributed by atoms with Crippen LogP contribution in [-0.2, 0) is 22.3 Å². The lowest BCUT2D eigenvalue weighted by atomic mass is 10.1. The summed E-state index contributed by atoms with van der Waals surface area (Å²) in [6.07, 6.45) is 3.40. The van der Waals surface area contributed by atoms with E-state index in [-0.39, 0.29) is 5.75 Å². The third kappa shape index (κ3) is 2.79. The van der Waals surface area contributed by atoms with Crippen LogP contribution in [0.2, 0.25) is 0 Å². The number of sulfone groups is 1. The highest BCUT2D eigenvalue weighted by Crippen LogP contribution is 2.19. The Kier molecular flexibility index (Phi) is 3.40. The average molecular weight is 273 g/mol. The fraction of sp³-hybridized carbons (Fsp3) is 0.364. The van der Waals surface area contributed by atoms with E-state index < -0.39 is 9.84 Å². The molecule has 0 N–H and O–H groups in total. The molecule has 0 atom stereocenters. The molecule has 92 valence electrons. The molecule has 2 rings (SSSR count). The second kappa shape index (κ2) is 4.66. The first-order chi connectivity index (χ1) is 8.01. The number of imidazole rings is 1. The summed E-state index contributed by atoms with van der Waals surface area (Å²) in [5.41, 5.74) is 2.73. The van der Waals surface area contributed by atoms with Crippen molar-refractivity contribution < 1.29 is 8.42 Å². The molecule has 17 heavy (non-hydrogen) atoms. The van der Waals surface area contributed by atoms with Crippen LogP contribution in [-0.4, -0.2) is 30.0 Å². The third-order valence-electron chi connectivity index (χ3n) is 2.59. The number of hydrogen-bond acceptors (Lipinski definition) is 3. The second-order valence-corrected chi connectivity index (χ2v) is 6.50. The van der Waals surface area contributed by atoms with Crippen LogP contribution >= 0.6 is 11.6 Å². The van der Waals surface area contributed by atoms with Crippen molar-refractivity contribution in [2.75, 3.05) is 12.0 Å². The molecule has 0 radical (unpaired) electrons. The van der Waals surface area contributed by atoms with E-state index in [4.69, 9.17) is 11.6 Å². The van der Waals surface area contributed by atoms with Crippen molar-refractivity contribution >= 4 is 32.5 Å². The van der Waals surface area contributed by atoms with Gasteiger partial charge in [-0.3, -0.25) is 0 Å². The molecule has 4 nitrogen and oxygen atoms in total. The fourth-order valence-corrected chi connectivity index (χ4v) is 2.56. The van der Waals surface area contributed by atoms with Gasteiger partial charge in [0.05, 0.1) is 29.1 Å². The van der Waals surface area contributed by atoms with Crippen molar-refractivity contribution in [3.63, 3.8) is 0 Å². The van der Waals surface area contributed by atoms with Crippen LogP contribution in [0.25, 0.3) is 11.0 Å². The topological polar surface area (TPSA) is 52.0 Å². The number of hydrogen-bond donors (Lipinski definition) is 0. The molecule has 6 heteroatoms. The lowest BCUT2D eigenvalue weighted by Crippen LogP contribution is -2.07. The summed E-state index contributed by atoms with van der Waals surface area (Å²) in [6.45, 7) is 0. The molecule has 0 saturated carbocycles. The average Bonchev–Trinajstić information content (AvgIpc) is 2.68. The quantitative estimate of drug-likeness (QED) is 0.798. The van der Waals surface area contributed by atoms with Gasteiger partial charge in [-0.2, -0.15) is 0 Å². The summed E-state index contributed by atoms with van der Waals surface area (Å²) >= 11 is 5.81. The molecule has 0 aliphatic heterocycles. The number of alkyl halides is 1. The molecule has 0 aliphatic carbocycles. The van der Waals surface area contributed by atoms with Crippen molar-refractivity contribution in [3.05, 3.63) is 30.1 Å². The first-order valence-electron chi connectivity index (χ1n) is 5.17. The molecular formula is C11H13ClN2O2S. The monoisotopic (exact) mass is 272 g/mol. The van der Waals surface area contributed by atoms with Crippen LogP contribution < -0.4 is 0 Å². The zero-order chi connectivity index (χ0) is 12.5. The minimum Gasteiger partial charge on any atom is -0.316 e. The van der Waals surface area contributed by atoms with Gasteiger partial charge in [-0.25, -0.2) is 13.4 Å². The van der Waals surface area contributed by atoms with Crippen molar-refractivity contribution in [1.82, 2.24) is 9.55 Å². The third-order valence-corrected chi connectivity index (χ3v) is 3.80. The molecule has 2 aromatic rings. The van der Waals surface area contributed by atoms with Gasteiger partial charge in [0.1, 0.15) is 9.84 Å². The maximum Gasteiger partial charge on any atom is 0.147 e. The number of aryl methyl sites for hydroxylation is 1. The van der Waals surface area contributed by atoms with Crippen LogP contribution in [0.4, 0.5) is 0 Å². The maximum atomic E-state index is 11.2. The highest BCUT2D eigenvalue weighted by atomic mass is 35.5. The number of para-hydroxylation sites is 1. The minimum atomic E-state index is -2.96. The summed E-state index contributed by atoms with van der Waals surface area (Å²) in [5.74, 6) is 0.138. The lowest BCUT2D eigenvalue weighted by molar-refractivity contribution is 0.601. The Morgan fingerprint density at radius 2 is 2.18 bits per heavy atom. The van der Waals surface area contributed by atoms with Gasteiger partial charge in [-0.1, -0.05) is 12.1 Å². The zero-order valence-electron chi connectivity index (χ0n) is 9.43. The van der Waals surface area contributed by atoms with E-state index in [1.807, 2.05) is 22.8 Å². The molecule has 0 saturated heterocycles. The zero-order valence-corrected chi connectivity index (χ0v) is 11.0. The Balaban J connectivity index is 2.42. The molecule has 0 fully saturated rings. The fourth-order valence-electron chi connectivity index (χ4n) is 1.79. The minimum absolute atomic E-state index is 0.138. The molecule has 1 aromatic carbocycles. The first-order valence-corrected chi connectivity index (χ1v) is 7.77. The van der Waals surface area contributed by atoms with Crippen LogP contribution in [0.3, 0.4) is 0 Å². The Hall–Kier alpha value is -1.07. The number of aromatic nitrogens is 2. The van der Waals surface area contributed by atoms with Gasteiger partial charge < -0.3 is 4.57 Å². The van der Waals surface area contributed by atoms with Crippen LogP contribution in [0, 0.1) is 0 Å². The van der Waals surface area contributed by atoms with Crippen LogP contribution in [0.1, 0.15) is 5.56 Å². The van der Waals surface area contributed by atoms with Gasteiger partial charge in [0.15, 0.2) is 0 Å². The van der Waals surface area contributed by atoms with Gasteiger partial charge in [0.25, 0.3) is 0 Å². The molecule has 0 aliphatic rings. The first kappa shape index (κ1) is 12.4. The molecular weight excluding hydrogens is 260 g/mol. The van der Waals surface area contributed by atoms with E-state index in [0.29, 0.717) is 12.4 Å². The van der Waals surface area contributed by atoms with Crippen molar-refractivity contribution in [1.29, 1.82) is 0 Å². The van der Waals surface area contributed by atoms with Gasteiger partial charge in [-0.05, 0) is 18.1 Å². The van der Waals surface area contributed by atoms with Crippen molar-refractivity contribution in [2.45, 2.75) is 12.4 Å². The van der Waals surface area contributed by atoms with E-state index in [9.17, 15) is 8.42 Å². The predicted octanol–water partition coefficient (Wildman–Crippen LogP) is 1.82. The van der Waals surface area contributed by atoms with Gasteiger partial charge >= 0.3 is 0 Å². The summed E-state index contributed by atoms with van der Waals surface area (Å²) in [5, 5.41) is 0. The SMILES string of the molecule is CS(=O)(=O)CCc1cccc2ncn(CCl)c12. The summed E-state index contributed by atoms with van der Waals surface area (Å²) in [7, 11) is -2.96. The Morgan fingerprint density at radius 1 is 1.41 bits per heavy atom. The van der Waals surface area contributed by atoms with E-state index in [0.717, 1.165) is 16.6 Å². The molecule has 0 bridgehead atoms. The number of fused-ring (bicyclic) bond motifs is 1. The van der Waals surface area contributed by atoms with Crippen molar-refractivity contribution in [2.24, 2.45) is 0 Å². The van der Waals surface area contributed by atoms with Crippen molar-refractivity contribution in [3.8, 4) is 0 Å². The van der Waals surface area contributed by atoms with E-state index in [1.165, 1.54) is 6.26 Å². The summed E-state index contributed by atoms with van der Waals surface area (Å²) in [4.78, 5) is 4.22. The molecule has 0 unspecified atom stereocenters. The van der Waals surface area contributed by atoms with Gasteiger partial charge in [-0.15, -0.1) is 11.6 Å². The Bertz CT molecular complexity index is 634. The Labute approximate surface area is 105 Å². The number of rotatable bonds is 4. The second-order valence-electron chi connectivity index (χ2n) is 4.00. The number of nitrogens with zero attached hydrogens (tertiary/aromatic N) is 2.